The molecule has 2 aromatic carbocycles. The molecule has 1 aromatic heterocycles. The number of aromatic nitrogens is 3. The Balaban J connectivity index is 1.89. The summed E-state index contributed by atoms with van der Waals surface area (Å²) in [6, 6.07) is 18.5. The minimum atomic E-state index is -0.132. The van der Waals surface area contributed by atoms with E-state index < -0.39 is 0 Å². The van der Waals surface area contributed by atoms with Crippen molar-refractivity contribution >= 4 is 11.6 Å². The van der Waals surface area contributed by atoms with E-state index in [4.69, 9.17) is 11.6 Å². The van der Waals surface area contributed by atoms with Crippen molar-refractivity contribution in [1.29, 1.82) is 0 Å². The molecule has 1 unspecified atom stereocenters. The van der Waals surface area contributed by atoms with Crippen LogP contribution in [-0.2, 0) is 0 Å². The molecule has 3 aromatic rings. The van der Waals surface area contributed by atoms with Gasteiger partial charge >= 0.3 is 0 Å². The molecule has 3 rings (SSSR count). The van der Waals surface area contributed by atoms with Crippen LogP contribution in [0.3, 0.4) is 0 Å². The van der Waals surface area contributed by atoms with Crippen LogP contribution in [0.1, 0.15) is 18.0 Å². The summed E-state index contributed by atoms with van der Waals surface area (Å²) in [5.41, 5.74) is 4.13. The van der Waals surface area contributed by atoms with Gasteiger partial charge in [0.15, 0.2) is 0 Å². The van der Waals surface area contributed by atoms with Gasteiger partial charge in [-0.15, -0.1) is 16.7 Å². The Bertz CT molecular complexity index is 687. The molecule has 4 heteroatoms. The lowest BCUT2D eigenvalue weighted by Gasteiger charge is -2.04. The average molecular weight is 284 g/mol. The Morgan fingerprint density at radius 2 is 1.60 bits per heavy atom. The first-order valence-electron chi connectivity index (χ1n) is 6.46. The normalized spacial score (nSPS) is 12.3. The molecule has 1 atom stereocenters. The van der Waals surface area contributed by atoms with Gasteiger partial charge in [-0.25, -0.2) is 4.68 Å². The second-order valence-electron chi connectivity index (χ2n) is 4.62. The molecule has 0 spiro atoms. The predicted molar refractivity (Wildman–Crippen MR) is 81.1 cm³/mol. The summed E-state index contributed by atoms with van der Waals surface area (Å²) < 4.78 is 1.74. The van der Waals surface area contributed by atoms with Crippen molar-refractivity contribution < 1.29 is 0 Å². The van der Waals surface area contributed by atoms with Gasteiger partial charge in [0.05, 0.1) is 17.3 Å². The number of nitrogens with zero attached hydrogens (tertiary/aromatic N) is 3. The van der Waals surface area contributed by atoms with Crippen LogP contribution in [0.2, 0.25) is 0 Å². The van der Waals surface area contributed by atoms with E-state index in [0.29, 0.717) is 0 Å². The summed E-state index contributed by atoms with van der Waals surface area (Å²) in [4.78, 5) is 0. The molecular weight excluding hydrogens is 270 g/mol. The molecule has 0 saturated heterocycles. The summed E-state index contributed by atoms with van der Waals surface area (Å²) in [6.45, 7) is 1.88. The molecule has 0 aliphatic rings. The van der Waals surface area contributed by atoms with Gasteiger partial charge in [0, 0.05) is 0 Å². The van der Waals surface area contributed by atoms with E-state index in [2.05, 4.69) is 34.6 Å². The van der Waals surface area contributed by atoms with E-state index in [-0.39, 0.29) is 5.38 Å². The smallest absolute Gasteiger partial charge is 0.101 e. The van der Waals surface area contributed by atoms with Crippen LogP contribution in [0.25, 0.3) is 16.8 Å². The zero-order chi connectivity index (χ0) is 13.9. The molecule has 0 bridgehead atoms. The van der Waals surface area contributed by atoms with Crippen molar-refractivity contribution in [2.24, 2.45) is 0 Å². The third-order valence-electron chi connectivity index (χ3n) is 3.16. The lowest BCUT2D eigenvalue weighted by Crippen LogP contribution is -1.94. The van der Waals surface area contributed by atoms with Crippen LogP contribution < -0.4 is 0 Å². The molecule has 0 saturated carbocycles. The van der Waals surface area contributed by atoms with Crippen LogP contribution in [0.15, 0.2) is 60.8 Å². The van der Waals surface area contributed by atoms with Crippen molar-refractivity contribution in [3.63, 3.8) is 0 Å². The van der Waals surface area contributed by atoms with Crippen molar-refractivity contribution in [1.82, 2.24) is 15.0 Å². The fourth-order valence-electron chi connectivity index (χ4n) is 2.02. The topological polar surface area (TPSA) is 30.7 Å². The van der Waals surface area contributed by atoms with Gasteiger partial charge in [0.1, 0.15) is 5.69 Å². The maximum Gasteiger partial charge on any atom is 0.101 e. The highest BCUT2D eigenvalue weighted by Crippen LogP contribution is 2.21. The van der Waals surface area contributed by atoms with Gasteiger partial charge in [-0.1, -0.05) is 47.7 Å². The molecule has 100 valence electrons. The SMILES string of the molecule is CC(Cl)c1cn(-c2ccc(-c3ccccc3)cc2)nn1. The largest absolute Gasteiger partial charge is 0.220 e. The zero-order valence-corrected chi connectivity index (χ0v) is 11.8. The Hall–Kier alpha value is -2.13. The lowest BCUT2D eigenvalue weighted by atomic mass is 10.1. The van der Waals surface area contributed by atoms with E-state index >= 15 is 0 Å². The summed E-state index contributed by atoms with van der Waals surface area (Å²) in [5.74, 6) is 0. The summed E-state index contributed by atoms with van der Waals surface area (Å²) in [7, 11) is 0. The third kappa shape index (κ3) is 2.58. The van der Waals surface area contributed by atoms with Crippen LogP contribution >= 0.6 is 11.6 Å². The molecule has 0 amide bonds. The Morgan fingerprint density at radius 3 is 2.20 bits per heavy atom. The summed E-state index contributed by atoms with van der Waals surface area (Å²) >= 11 is 5.99. The molecule has 3 nitrogen and oxygen atoms in total. The highest BCUT2D eigenvalue weighted by atomic mass is 35.5. The molecular formula is C16H14ClN3. The Morgan fingerprint density at radius 1 is 0.950 bits per heavy atom. The van der Waals surface area contributed by atoms with E-state index in [1.165, 1.54) is 11.1 Å². The van der Waals surface area contributed by atoms with Gasteiger partial charge in [0.25, 0.3) is 0 Å². The van der Waals surface area contributed by atoms with Crippen molar-refractivity contribution in [3.8, 4) is 16.8 Å². The number of benzene rings is 2. The predicted octanol–water partition coefficient (Wildman–Crippen LogP) is 4.23. The molecule has 0 aliphatic carbocycles. The van der Waals surface area contributed by atoms with E-state index in [9.17, 15) is 0 Å². The van der Waals surface area contributed by atoms with Crippen LogP contribution in [-0.4, -0.2) is 15.0 Å². The summed E-state index contributed by atoms with van der Waals surface area (Å²) in [6.07, 6.45) is 1.86. The maximum absolute atomic E-state index is 5.99. The van der Waals surface area contributed by atoms with Crippen molar-refractivity contribution in [2.75, 3.05) is 0 Å². The van der Waals surface area contributed by atoms with E-state index in [0.717, 1.165) is 11.4 Å². The average Bonchev–Trinajstić information content (AvgIpc) is 2.98. The molecule has 20 heavy (non-hydrogen) atoms. The minimum Gasteiger partial charge on any atom is -0.220 e. The monoisotopic (exact) mass is 283 g/mol. The first kappa shape index (κ1) is 12.9. The minimum absolute atomic E-state index is 0.132. The second-order valence-corrected chi connectivity index (χ2v) is 5.27. The van der Waals surface area contributed by atoms with Gasteiger partial charge < -0.3 is 0 Å². The van der Waals surface area contributed by atoms with Crippen molar-refractivity contribution in [3.05, 3.63) is 66.5 Å². The van der Waals surface area contributed by atoms with Crippen LogP contribution in [0, 0.1) is 0 Å². The quantitative estimate of drug-likeness (QED) is 0.673. The van der Waals surface area contributed by atoms with E-state index in [1.807, 2.05) is 43.5 Å². The number of alkyl halides is 1. The maximum atomic E-state index is 5.99. The summed E-state index contributed by atoms with van der Waals surface area (Å²) in [5, 5.41) is 8.01. The van der Waals surface area contributed by atoms with Gasteiger partial charge in [-0.3, -0.25) is 0 Å². The van der Waals surface area contributed by atoms with E-state index in [1.54, 1.807) is 4.68 Å². The zero-order valence-electron chi connectivity index (χ0n) is 11.1. The molecule has 0 fully saturated rings. The van der Waals surface area contributed by atoms with Gasteiger partial charge in [-0.05, 0) is 30.2 Å². The lowest BCUT2D eigenvalue weighted by molar-refractivity contribution is 0.796. The standard InChI is InChI=1S/C16H14ClN3/c1-12(17)16-11-20(19-18-16)15-9-7-14(8-10-15)13-5-3-2-4-6-13/h2-12H,1H3. The Labute approximate surface area is 122 Å². The molecule has 0 radical (unpaired) electrons. The second kappa shape index (κ2) is 5.47. The number of rotatable bonds is 3. The number of hydrogen-bond acceptors (Lipinski definition) is 2. The van der Waals surface area contributed by atoms with Crippen LogP contribution in [0.5, 0.6) is 0 Å². The van der Waals surface area contributed by atoms with Crippen molar-refractivity contribution in [2.45, 2.75) is 12.3 Å². The first-order valence-corrected chi connectivity index (χ1v) is 6.90. The molecule has 0 N–H and O–H groups in total. The van der Waals surface area contributed by atoms with Crippen LogP contribution in [0.4, 0.5) is 0 Å². The first-order chi connectivity index (χ1) is 9.74. The van der Waals surface area contributed by atoms with Gasteiger partial charge in [-0.2, -0.15) is 0 Å². The fraction of sp³-hybridized carbons (Fsp3) is 0.125. The number of halogens is 1. The highest BCUT2D eigenvalue weighted by molar-refractivity contribution is 6.20. The highest BCUT2D eigenvalue weighted by Gasteiger charge is 2.07. The fourth-order valence-corrected chi connectivity index (χ4v) is 2.12. The number of hydrogen-bond donors (Lipinski definition) is 0. The molecule has 0 aliphatic heterocycles. The Kier molecular flexibility index (Phi) is 3.52. The van der Waals surface area contributed by atoms with Gasteiger partial charge in [0.2, 0.25) is 0 Å². The third-order valence-corrected chi connectivity index (χ3v) is 3.38. The molecule has 1 heterocycles.